The predicted octanol–water partition coefficient (Wildman–Crippen LogP) is 4.44. The monoisotopic (exact) mass is 419 g/mol. The molecular formula is C26H30FN3O. The molecule has 3 aromatic rings. The topological polar surface area (TPSA) is 36.9 Å². The van der Waals surface area contributed by atoms with Crippen molar-refractivity contribution < 1.29 is 9.13 Å². The van der Waals surface area contributed by atoms with E-state index in [-0.39, 0.29) is 5.82 Å². The van der Waals surface area contributed by atoms with E-state index in [0.717, 1.165) is 48.8 Å². The number of hydrogen-bond donors (Lipinski definition) is 1. The first-order chi connectivity index (χ1) is 15.1. The van der Waals surface area contributed by atoms with Crippen molar-refractivity contribution in [3.8, 4) is 5.75 Å². The first kappa shape index (κ1) is 21.3. The first-order valence-electron chi connectivity index (χ1n) is 11.0. The van der Waals surface area contributed by atoms with Gasteiger partial charge in [-0.1, -0.05) is 42.5 Å². The second kappa shape index (κ2) is 9.92. The van der Waals surface area contributed by atoms with Gasteiger partial charge in [-0.05, 0) is 61.8 Å². The minimum atomic E-state index is -0.178. The van der Waals surface area contributed by atoms with Gasteiger partial charge in [-0.2, -0.15) is 0 Å². The van der Waals surface area contributed by atoms with Crippen molar-refractivity contribution in [2.24, 2.45) is 4.99 Å². The lowest BCUT2D eigenvalue weighted by Gasteiger charge is -2.17. The minimum Gasteiger partial charge on any atom is -0.493 e. The Bertz CT molecular complexity index is 1080. The molecule has 0 amide bonds. The summed E-state index contributed by atoms with van der Waals surface area (Å²) in [6, 6.07) is 17.7. The third-order valence-electron chi connectivity index (χ3n) is 5.68. The zero-order valence-electron chi connectivity index (χ0n) is 18.3. The fourth-order valence-corrected chi connectivity index (χ4v) is 4.13. The number of nitrogens with one attached hydrogen (secondary N) is 1. The second-order valence-corrected chi connectivity index (χ2v) is 8.19. The summed E-state index contributed by atoms with van der Waals surface area (Å²) in [6.45, 7) is 3.19. The Kier molecular flexibility index (Phi) is 6.82. The van der Waals surface area contributed by atoms with Crippen LogP contribution >= 0.6 is 0 Å². The van der Waals surface area contributed by atoms with Crippen LogP contribution in [0.25, 0.3) is 10.8 Å². The zero-order valence-corrected chi connectivity index (χ0v) is 18.3. The van der Waals surface area contributed by atoms with Crippen LogP contribution < -0.4 is 10.1 Å². The quantitative estimate of drug-likeness (QED) is 0.521. The molecule has 0 bridgehead atoms. The van der Waals surface area contributed by atoms with Gasteiger partial charge in [-0.15, -0.1) is 0 Å². The van der Waals surface area contributed by atoms with E-state index in [9.17, 15) is 4.39 Å². The van der Waals surface area contributed by atoms with Crippen LogP contribution in [0, 0.1) is 5.82 Å². The second-order valence-electron chi connectivity index (χ2n) is 8.19. The van der Waals surface area contributed by atoms with Crippen molar-refractivity contribution in [3.63, 3.8) is 0 Å². The number of nitrogens with zero attached hydrogens (tertiary/aromatic N) is 2. The number of rotatable bonds is 9. The van der Waals surface area contributed by atoms with Gasteiger partial charge in [0.1, 0.15) is 17.4 Å². The van der Waals surface area contributed by atoms with Gasteiger partial charge in [0.15, 0.2) is 0 Å². The molecule has 1 aliphatic heterocycles. The van der Waals surface area contributed by atoms with Crippen LogP contribution in [0.3, 0.4) is 0 Å². The largest absolute Gasteiger partial charge is 0.493 e. The predicted molar refractivity (Wildman–Crippen MR) is 126 cm³/mol. The van der Waals surface area contributed by atoms with Crippen LogP contribution in [0.2, 0.25) is 0 Å². The standard InChI is InChI=1S/C26H30FN3O/c1-30(2)17-6-18-31-25-14-11-19-7-3-4-8-20(19)22(25)13-12-21-23(9-5-10-24(21)27)26-28-15-16-29-26/h3-5,7-11,14H,6,12-13,15-18H2,1-2H3,(H,28,29). The molecule has 0 atom stereocenters. The number of amidine groups is 1. The van der Waals surface area contributed by atoms with Gasteiger partial charge < -0.3 is 15.0 Å². The van der Waals surface area contributed by atoms with E-state index in [2.05, 4.69) is 53.6 Å². The van der Waals surface area contributed by atoms with Gasteiger partial charge in [0.2, 0.25) is 0 Å². The van der Waals surface area contributed by atoms with E-state index in [0.29, 0.717) is 25.0 Å². The van der Waals surface area contributed by atoms with Crippen molar-refractivity contribution in [2.75, 3.05) is 40.3 Å². The highest BCUT2D eigenvalue weighted by molar-refractivity contribution is 6.01. The summed E-state index contributed by atoms with van der Waals surface area (Å²) >= 11 is 0. The molecule has 162 valence electrons. The Morgan fingerprint density at radius 1 is 1.00 bits per heavy atom. The van der Waals surface area contributed by atoms with Crippen molar-refractivity contribution in [1.29, 1.82) is 0 Å². The molecule has 0 aliphatic carbocycles. The molecule has 0 spiro atoms. The molecular weight excluding hydrogens is 389 g/mol. The van der Waals surface area contributed by atoms with E-state index in [1.54, 1.807) is 6.07 Å². The number of benzene rings is 3. The zero-order chi connectivity index (χ0) is 21.6. The van der Waals surface area contributed by atoms with Crippen LogP contribution in [-0.2, 0) is 12.8 Å². The van der Waals surface area contributed by atoms with E-state index >= 15 is 0 Å². The van der Waals surface area contributed by atoms with E-state index in [1.165, 1.54) is 16.8 Å². The molecule has 4 nitrogen and oxygen atoms in total. The van der Waals surface area contributed by atoms with E-state index in [1.807, 2.05) is 18.2 Å². The Labute approximate surface area is 183 Å². The van der Waals surface area contributed by atoms with Crippen molar-refractivity contribution in [2.45, 2.75) is 19.3 Å². The van der Waals surface area contributed by atoms with Crippen LogP contribution in [-0.4, -0.2) is 51.1 Å². The first-order valence-corrected chi connectivity index (χ1v) is 11.0. The molecule has 0 radical (unpaired) electrons. The summed E-state index contributed by atoms with van der Waals surface area (Å²) in [7, 11) is 4.13. The Balaban J connectivity index is 1.61. The maximum atomic E-state index is 14.8. The highest BCUT2D eigenvalue weighted by Crippen LogP contribution is 2.30. The maximum Gasteiger partial charge on any atom is 0.128 e. The lowest BCUT2D eigenvalue weighted by atomic mass is 9.95. The Morgan fingerprint density at radius 3 is 2.65 bits per heavy atom. The van der Waals surface area contributed by atoms with Gasteiger partial charge in [0, 0.05) is 24.2 Å². The molecule has 4 rings (SSSR count). The molecule has 5 heteroatoms. The number of halogens is 1. The molecule has 0 fully saturated rings. The molecule has 0 aromatic heterocycles. The number of fused-ring (bicyclic) bond motifs is 1. The fraction of sp³-hybridized carbons (Fsp3) is 0.346. The summed E-state index contributed by atoms with van der Waals surface area (Å²) in [5.41, 5.74) is 2.71. The van der Waals surface area contributed by atoms with Crippen LogP contribution in [0.15, 0.2) is 59.6 Å². The molecule has 31 heavy (non-hydrogen) atoms. The average molecular weight is 420 g/mol. The molecule has 1 aliphatic rings. The molecule has 0 unspecified atom stereocenters. The number of aryl methyl sites for hydroxylation is 1. The van der Waals surface area contributed by atoms with Crippen LogP contribution in [0.5, 0.6) is 5.75 Å². The summed E-state index contributed by atoms with van der Waals surface area (Å²) in [5, 5.41) is 5.62. The highest BCUT2D eigenvalue weighted by atomic mass is 19.1. The van der Waals surface area contributed by atoms with Gasteiger partial charge in [-0.25, -0.2) is 4.39 Å². The SMILES string of the molecule is CN(C)CCCOc1ccc2ccccc2c1CCc1c(F)cccc1C1=NCCN1. The smallest absolute Gasteiger partial charge is 0.128 e. The van der Waals surface area contributed by atoms with Gasteiger partial charge in [0.05, 0.1) is 13.2 Å². The van der Waals surface area contributed by atoms with E-state index < -0.39 is 0 Å². The van der Waals surface area contributed by atoms with Crippen LogP contribution in [0.1, 0.15) is 23.1 Å². The van der Waals surface area contributed by atoms with E-state index in [4.69, 9.17) is 4.74 Å². The maximum absolute atomic E-state index is 14.8. The lowest BCUT2D eigenvalue weighted by Crippen LogP contribution is -2.21. The van der Waals surface area contributed by atoms with Crippen molar-refractivity contribution in [3.05, 3.63) is 77.1 Å². The molecule has 0 saturated heterocycles. The number of ether oxygens (including phenoxy) is 1. The average Bonchev–Trinajstić information content (AvgIpc) is 3.31. The third-order valence-corrected chi connectivity index (χ3v) is 5.68. The summed E-state index contributed by atoms with van der Waals surface area (Å²) in [6.07, 6.45) is 2.25. The molecule has 1 heterocycles. The highest BCUT2D eigenvalue weighted by Gasteiger charge is 2.17. The summed E-state index contributed by atoms with van der Waals surface area (Å²) < 4.78 is 21.0. The number of hydrogen-bond acceptors (Lipinski definition) is 4. The third kappa shape index (κ3) is 5.05. The molecule has 1 N–H and O–H groups in total. The normalized spacial score (nSPS) is 13.5. The van der Waals surface area contributed by atoms with Gasteiger partial charge in [0.25, 0.3) is 0 Å². The summed E-state index contributed by atoms with van der Waals surface area (Å²) in [5.74, 6) is 1.52. The number of aliphatic imine (C=N–C) groups is 1. The lowest BCUT2D eigenvalue weighted by molar-refractivity contribution is 0.280. The molecule has 0 saturated carbocycles. The Morgan fingerprint density at radius 2 is 1.84 bits per heavy atom. The summed E-state index contributed by atoms with van der Waals surface area (Å²) in [4.78, 5) is 6.66. The minimum absolute atomic E-state index is 0.178. The van der Waals surface area contributed by atoms with Crippen molar-refractivity contribution in [1.82, 2.24) is 10.2 Å². The fourth-order valence-electron chi connectivity index (χ4n) is 4.13. The van der Waals surface area contributed by atoms with Gasteiger partial charge >= 0.3 is 0 Å². The molecule has 3 aromatic carbocycles. The van der Waals surface area contributed by atoms with Crippen LogP contribution in [0.4, 0.5) is 4.39 Å². The van der Waals surface area contributed by atoms with Gasteiger partial charge in [-0.3, -0.25) is 4.99 Å². The van der Waals surface area contributed by atoms with Crippen molar-refractivity contribution >= 4 is 16.6 Å². The Hall–Kier alpha value is -2.92.